The second kappa shape index (κ2) is 10.7. The van der Waals surface area contributed by atoms with Crippen molar-refractivity contribution in [1.29, 1.82) is 0 Å². The van der Waals surface area contributed by atoms with Gasteiger partial charge in [0.25, 0.3) is 5.91 Å². The molecule has 4 aromatic rings. The molecule has 2 aromatic heterocycles. The number of imidazole rings is 1. The topological polar surface area (TPSA) is 76.0 Å². The summed E-state index contributed by atoms with van der Waals surface area (Å²) < 4.78 is 35.0. The number of benzene rings is 2. The molecule has 0 aliphatic heterocycles. The van der Waals surface area contributed by atoms with E-state index in [2.05, 4.69) is 15.1 Å². The summed E-state index contributed by atoms with van der Waals surface area (Å²) in [6, 6.07) is 8.75. The van der Waals surface area contributed by atoms with E-state index in [0.717, 1.165) is 11.3 Å². The molecule has 0 spiro atoms. The highest BCUT2D eigenvalue weighted by atomic mass is 35.5. The minimum absolute atomic E-state index is 0.0876. The molecule has 0 bridgehead atoms. The van der Waals surface area contributed by atoms with Crippen LogP contribution in [0.2, 0.25) is 5.02 Å². The lowest BCUT2D eigenvalue weighted by Gasteiger charge is -2.16. The number of halogens is 3. The third-order valence-corrected chi connectivity index (χ3v) is 6.86. The van der Waals surface area contributed by atoms with Crippen molar-refractivity contribution in [2.24, 2.45) is 7.05 Å². The summed E-state index contributed by atoms with van der Waals surface area (Å²) in [5.41, 5.74) is 3.18. The summed E-state index contributed by atoms with van der Waals surface area (Å²) in [6.45, 7) is 2.22. The number of aromatic nitrogens is 4. The number of aryl methyl sites for hydroxylation is 2. The van der Waals surface area contributed by atoms with E-state index >= 15 is 0 Å². The van der Waals surface area contributed by atoms with Crippen LogP contribution in [0.1, 0.15) is 27.3 Å². The molecule has 0 saturated heterocycles. The van der Waals surface area contributed by atoms with Crippen LogP contribution in [0.3, 0.4) is 0 Å². The molecule has 2 aromatic carbocycles. The first-order chi connectivity index (χ1) is 17.2. The maximum absolute atomic E-state index is 14.7. The van der Waals surface area contributed by atoms with E-state index in [1.165, 1.54) is 37.1 Å². The first-order valence-electron chi connectivity index (χ1n) is 10.9. The molecule has 0 saturated carbocycles. The Bertz CT molecular complexity index is 1400. The van der Waals surface area contributed by atoms with Gasteiger partial charge in [0, 0.05) is 54.3 Å². The fourth-order valence-corrected chi connectivity index (χ4v) is 4.91. The highest BCUT2D eigenvalue weighted by molar-refractivity contribution is 7.98. The van der Waals surface area contributed by atoms with Gasteiger partial charge in [-0.05, 0) is 43.3 Å². The molecule has 0 fully saturated rings. The molecule has 0 aliphatic carbocycles. The predicted molar refractivity (Wildman–Crippen MR) is 135 cm³/mol. The maximum Gasteiger partial charge on any atom is 0.272 e. The van der Waals surface area contributed by atoms with Crippen LogP contribution in [-0.2, 0) is 19.3 Å². The Morgan fingerprint density at radius 2 is 1.94 bits per heavy atom. The maximum atomic E-state index is 14.7. The van der Waals surface area contributed by atoms with Crippen LogP contribution >= 0.6 is 23.4 Å². The highest BCUT2D eigenvalue weighted by Gasteiger charge is 2.24. The fourth-order valence-electron chi connectivity index (χ4n) is 3.72. The van der Waals surface area contributed by atoms with Gasteiger partial charge in [0.15, 0.2) is 16.7 Å². The third kappa shape index (κ3) is 5.39. The molecule has 2 heterocycles. The molecular formula is C25H24ClF2N5O2S. The predicted octanol–water partition coefficient (Wildman–Crippen LogP) is 5.62. The molecule has 36 heavy (non-hydrogen) atoms. The van der Waals surface area contributed by atoms with Gasteiger partial charge in [-0.3, -0.25) is 9.48 Å². The summed E-state index contributed by atoms with van der Waals surface area (Å²) in [5, 5.41) is 4.97. The second-order valence-corrected chi connectivity index (χ2v) is 9.55. The average Bonchev–Trinajstić information content (AvgIpc) is 3.41. The van der Waals surface area contributed by atoms with Crippen molar-refractivity contribution >= 4 is 29.3 Å². The van der Waals surface area contributed by atoms with Crippen LogP contribution in [0, 0.1) is 18.6 Å². The number of aromatic amines is 1. The number of nitrogens with zero attached hydrogens (tertiary/aromatic N) is 4. The Labute approximate surface area is 216 Å². The number of thioether (sulfide) groups is 1. The van der Waals surface area contributed by atoms with Gasteiger partial charge in [0.2, 0.25) is 0 Å². The molecule has 1 amide bonds. The zero-order valence-corrected chi connectivity index (χ0v) is 21.7. The molecule has 0 atom stereocenters. The molecular weight excluding hydrogens is 508 g/mol. The van der Waals surface area contributed by atoms with Crippen LogP contribution in [0.15, 0.2) is 47.8 Å². The zero-order valence-electron chi connectivity index (χ0n) is 20.1. The lowest BCUT2D eigenvalue weighted by Crippen LogP contribution is -2.27. The van der Waals surface area contributed by atoms with Crippen LogP contribution < -0.4 is 4.74 Å². The first kappa shape index (κ1) is 25.7. The van der Waals surface area contributed by atoms with E-state index < -0.39 is 11.6 Å². The number of ether oxygens (including phenoxy) is 1. The van der Waals surface area contributed by atoms with Crippen molar-refractivity contribution in [1.82, 2.24) is 24.6 Å². The summed E-state index contributed by atoms with van der Waals surface area (Å²) in [7, 11) is 4.88. The van der Waals surface area contributed by atoms with Crippen LogP contribution in [0.5, 0.6) is 5.75 Å². The summed E-state index contributed by atoms with van der Waals surface area (Å²) in [5.74, 6) is -1.02. The lowest BCUT2D eigenvalue weighted by molar-refractivity contribution is 0.0780. The first-order valence-corrected chi connectivity index (χ1v) is 12.3. The number of carbonyl (C=O) groups is 1. The largest absolute Gasteiger partial charge is 0.494 e. The van der Waals surface area contributed by atoms with Gasteiger partial charge >= 0.3 is 0 Å². The zero-order chi connectivity index (χ0) is 26.0. The van der Waals surface area contributed by atoms with E-state index in [-0.39, 0.29) is 33.7 Å². The molecule has 188 valence electrons. The normalized spacial score (nSPS) is 11.1. The van der Waals surface area contributed by atoms with E-state index in [9.17, 15) is 13.6 Å². The number of H-pyrrole nitrogens is 1. The molecule has 7 nitrogen and oxygen atoms in total. The SMILES string of the molecule is COc1ccc(Cl)c(CSc2nc(-c3ccc(F)cc3)c(C(=O)N(C)Cc3cn(C)nc3C)[nH]2)c1F. The highest BCUT2D eigenvalue weighted by Crippen LogP contribution is 2.34. The third-order valence-electron chi connectivity index (χ3n) is 5.61. The Balaban J connectivity index is 1.64. The Morgan fingerprint density at radius 1 is 1.22 bits per heavy atom. The Hall–Kier alpha value is -3.37. The molecule has 1 N–H and O–H groups in total. The molecule has 11 heteroatoms. The summed E-state index contributed by atoms with van der Waals surface area (Å²) in [4.78, 5) is 22.7. The standard InChI is InChI=1S/C25H24ClF2N5O2S/c1-14-16(12-33(3)31-14)11-32(2)24(34)23-22(15-5-7-17(27)8-6-15)29-25(30-23)36-13-18-19(26)9-10-20(35-4)21(18)28/h5-10,12H,11,13H2,1-4H3,(H,29,30). The van der Waals surface area contributed by atoms with Crippen molar-refractivity contribution in [3.63, 3.8) is 0 Å². The Morgan fingerprint density at radius 3 is 2.58 bits per heavy atom. The number of hydrogen-bond donors (Lipinski definition) is 1. The van der Waals surface area contributed by atoms with Gasteiger partial charge in [-0.15, -0.1) is 0 Å². The molecule has 0 unspecified atom stereocenters. The lowest BCUT2D eigenvalue weighted by atomic mass is 10.1. The van der Waals surface area contributed by atoms with Crippen molar-refractivity contribution < 1.29 is 18.3 Å². The number of carbonyl (C=O) groups excluding carboxylic acids is 1. The van der Waals surface area contributed by atoms with Crippen LogP contribution in [0.4, 0.5) is 8.78 Å². The van der Waals surface area contributed by atoms with Gasteiger partial charge in [-0.25, -0.2) is 13.8 Å². The van der Waals surface area contributed by atoms with E-state index in [4.69, 9.17) is 16.3 Å². The number of nitrogens with one attached hydrogen (secondary N) is 1. The number of rotatable bonds is 8. The van der Waals surface area contributed by atoms with Gasteiger partial charge in [0.05, 0.1) is 12.8 Å². The van der Waals surface area contributed by atoms with Crippen LogP contribution in [-0.4, -0.2) is 44.7 Å². The monoisotopic (exact) mass is 531 g/mol. The summed E-state index contributed by atoms with van der Waals surface area (Å²) >= 11 is 7.40. The second-order valence-electron chi connectivity index (χ2n) is 8.18. The number of hydrogen-bond acceptors (Lipinski definition) is 5. The Kier molecular flexibility index (Phi) is 7.65. The van der Waals surface area contributed by atoms with Crippen molar-refractivity contribution in [3.8, 4) is 17.0 Å². The van der Waals surface area contributed by atoms with E-state index in [1.54, 1.807) is 34.8 Å². The van der Waals surface area contributed by atoms with Gasteiger partial charge < -0.3 is 14.6 Å². The van der Waals surface area contributed by atoms with Gasteiger partial charge in [-0.2, -0.15) is 5.10 Å². The minimum Gasteiger partial charge on any atom is -0.494 e. The minimum atomic E-state index is -0.550. The number of methoxy groups -OCH3 is 1. The van der Waals surface area contributed by atoms with Crippen molar-refractivity contribution in [3.05, 3.63) is 81.8 Å². The van der Waals surface area contributed by atoms with Crippen molar-refractivity contribution in [2.75, 3.05) is 14.2 Å². The molecule has 0 radical (unpaired) electrons. The average molecular weight is 532 g/mol. The number of amides is 1. The van der Waals surface area contributed by atoms with Crippen molar-refractivity contribution in [2.45, 2.75) is 24.4 Å². The van der Waals surface area contributed by atoms with Crippen LogP contribution in [0.25, 0.3) is 11.3 Å². The summed E-state index contributed by atoms with van der Waals surface area (Å²) in [6.07, 6.45) is 1.86. The van der Waals surface area contributed by atoms with E-state index in [0.29, 0.717) is 23.0 Å². The van der Waals surface area contributed by atoms with Gasteiger partial charge in [-0.1, -0.05) is 23.4 Å². The smallest absolute Gasteiger partial charge is 0.272 e. The van der Waals surface area contributed by atoms with Gasteiger partial charge in [0.1, 0.15) is 17.2 Å². The molecule has 0 aliphatic rings. The fraction of sp³-hybridized carbons (Fsp3) is 0.240. The quantitative estimate of drug-likeness (QED) is 0.298. The molecule has 4 rings (SSSR count). The van der Waals surface area contributed by atoms with E-state index in [1.807, 2.05) is 20.2 Å².